The third-order valence-corrected chi connectivity index (χ3v) is 3.05. The summed E-state index contributed by atoms with van der Waals surface area (Å²) in [7, 11) is 0. The summed E-state index contributed by atoms with van der Waals surface area (Å²) in [6.07, 6.45) is 3.64. The van der Waals surface area contributed by atoms with Gasteiger partial charge in [-0.1, -0.05) is 25.5 Å². The average Bonchev–Trinajstić information content (AvgIpc) is 2.68. The molecule has 0 aliphatic heterocycles. The normalized spacial score (nSPS) is 10.8. The van der Waals surface area contributed by atoms with E-state index in [1.54, 1.807) is 0 Å². The molecule has 1 aromatic carbocycles. The number of oxazole rings is 1. The van der Waals surface area contributed by atoms with Crippen molar-refractivity contribution in [3.8, 4) is 11.5 Å². The van der Waals surface area contributed by atoms with Crippen LogP contribution in [-0.4, -0.2) is 4.98 Å². The highest BCUT2D eigenvalue weighted by molar-refractivity contribution is 5.54. The molecule has 0 bridgehead atoms. The molecule has 0 radical (unpaired) electrons. The molecule has 0 saturated carbocycles. The first-order valence-electron chi connectivity index (χ1n) is 6.24. The Morgan fingerprint density at radius 1 is 1.12 bits per heavy atom. The maximum absolute atomic E-state index is 5.61. The summed E-state index contributed by atoms with van der Waals surface area (Å²) in [5, 5.41) is 0. The molecule has 0 saturated heterocycles. The zero-order chi connectivity index (χ0) is 12.3. The van der Waals surface area contributed by atoms with Crippen LogP contribution in [0.15, 0.2) is 28.7 Å². The SMILES string of the molecule is CCCCc1ccc(-c2nc(C)c(C)o2)cc1. The molecule has 0 aliphatic rings. The van der Waals surface area contributed by atoms with Crippen molar-refractivity contribution in [3.05, 3.63) is 41.3 Å². The topological polar surface area (TPSA) is 26.0 Å². The lowest BCUT2D eigenvalue weighted by Gasteiger charge is -2.00. The predicted molar refractivity (Wildman–Crippen MR) is 70.0 cm³/mol. The highest BCUT2D eigenvalue weighted by Gasteiger charge is 2.07. The first-order chi connectivity index (χ1) is 8.20. The standard InChI is InChI=1S/C15H19NO/c1-4-5-6-13-7-9-14(10-8-13)15-16-11(2)12(3)17-15/h7-10H,4-6H2,1-3H3. The van der Waals surface area contributed by atoms with Crippen molar-refractivity contribution >= 4 is 0 Å². The highest BCUT2D eigenvalue weighted by Crippen LogP contribution is 2.22. The van der Waals surface area contributed by atoms with E-state index >= 15 is 0 Å². The second kappa shape index (κ2) is 5.17. The fourth-order valence-corrected chi connectivity index (χ4v) is 1.79. The van der Waals surface area contributed by atoms with Gasteiger partial charge in [-0.3, -0.25) is 0 Å². The first-order valence-corrected chi connectivity index (χ1v) is 6.24. The van der Waals surface area contributed by atoms with E-state index < -0.39 is 0 Å². The minimum atomic E-state index is 0.724. The molecular weight excluding hydrogens is 210 g/mol. The first kappa shape index (κ1) is 11.9. The summed E-state index contributed by atoms with van der Waals surface area (Å²) < 4.78 is 5.61. The van der Waals surface area contributed by atoms with E-state index in [0.29, 0.717) is 0 Å². The predicted octanol–water partition coefficient (Wildman–Crippen LogP) is 4.30. The van der Waals surface area contributed by atoms with Crippen LogP contribution in [0.1, 0.15) is 36.8 Å². The second-order valence-electron chi connectivity index (χ2n) is 4.46. The highest BCUT2D eigenvalue weighted by atomic mass is 16.4. The van der Waals surface area contributed by atoms with Crippen molar-refractivity contribution in [1.29, 1.82) is 0 Å². The Labute approximate surface area is 103 Å². The van der Waals surface area contributed by atoms with Crippen LogP contribution in [0.4, 0.5) is 0 Å². The summed E-state index contributed by atoms with van der Waals surface area (Å²) in [6, 6.07) is 8.52. The molecule has 0 aliphatic carbocycles. The molecule has 2 aromatic rings. The number of hydrogen-bond acceptors (Lipinski definition) is 2. The molecule has 0 spiro atoms. The van der Waals surface area contributed by atoms with Crippen LogP contribution in [0.3, 0.4) is 0 Å². The van der Waals surface area contributed by atoms with Crippen LogP contribution >= 0.6 is 0 Å². The van der Waals surface area contributed by atoms with Crippen LogP contribution < -0.4 is 0 Å². The third-order valence-electron chi connectivity index (χ3n) is 3.05. The fraction of sp³-hybridized carbons (Fsp3) is 0.400. The van der Waals surface area contributed by atoms with Gasteiger partial charge in [0.05, 0.1) is 5.69 Å². The van der Waals surface area contributed by atoms with E-state index in [0.717, 1.165) is 29.3 Å². The zero-order valence-corrected chi connectivity index (χ0v) is 10.8. The van der Waals surface area contributed by atoms with Crippen molar-refractivity contribution in [2.45, 2.75) is 40.0 Å². The molecule has 90 valence electrons. The van der Waals surface area contributed by atoms with Gasteiger partial charge in [-0.15, -0.1) is 0 Å². The van der Waals surface area contributed by atoms with Crippen LogP contribution in [0.2, 0.25) is 0 Å². The molecule has 2 heteroatoms. The van der Waals surface area contributed by atoms with Crippen molar-refractivity contribution in [1.82, 2.24) is 4.98 Å². The van der Waals surface area contributed by atoms with Crippen LogP contribution in [0.25, 0.3) is 11.5 Å². The van der Waals surface area contributed by atoms with Gasteiger partial charge in [-0.05, 0) is 44.4 Å². The van der Waals surface area contributed by atoms with Crippen LogP contribution in [-0.2, 0) is 6.42 Å². The number of benzene rings is 1. The Kier molecular flexibility index (Phi) is 3.62. The number of hydrogen-bond donors (Lipinski definition) is 0. The molecule has 0 N–H and O–H groups in total. The van der Waals surface area contributed by atoms with E-state index in [1.807, 2.05) is 13.8 Å². The van der Waals surface area contributed by atoms with E-state index in [4.69, 9.17) is 4.42 Å². The molecule has 1 heterocycles. The monoisotopic (exact) mass is 229 g/mol. The Morgan fingerprint density at radius 3 is 2.35 bits per heavy atom. The number of aromatic nitrogens is 1. The van der Waals surface area contributed by atoms with E-state index in [9.17, 15) is 0 Å². The van der Waals surface area contributed by atoms with Gasteiger partial charge < -0.3 is 4.42 Å². The Hall–Kier alpha value is -1.57. The third kappa shape index (κ3) is 2.76. The molecule has 0 unspecified atom stereocenters. The largest absolute Gasteiger partial charge is 0.441 e. The maximum atomic E-state index is 5.61. The molecule has 2 nitrogen and oxygen atoms in total. The lowest BCUT2D eigenvalue weighted by molar-refractivity contribution is 0.541. The van der Waals surface area contributed by atoms with Crippen molar-refractivity contribution in [2.75, 3.05) is 0 Å². The minimum Gasteiger partial charge on any atom is -0.441 e. The van der Waals surface area contributed by atoms with E-state index in [-0.39, 0.29) is 0 Å². The van der Waals surface area contributed by atoms with E-state index in [1.165, 1.54) is 18.4 Å². The summed E-state index contributed by atoms with van der Waals surface area (Å²) in [5.74, 6) is 1.62. The average molecular weight is 229 g/mol. The van der Waals surface area contributed by atoms with Gasteiger partial charge >= 0.3 is 0 Å². The molecule has 0 amide bonds. The maximum Gasteiger partial charge on any atom is 0.226 e. The minimum absolute atomic E-state index is 0.724. The van der Waals surface area contributed by atoms with Gasteiger partial charge in [-0.25, -0.2) is 4.98 Å². The van der Waals surface area contributed by atoms with Crippen molar-refractivity contribution in [3.63, 3.8) is 0 Å². The number of nitrogens with zero attached hydrogens (tertiary/aromatic N) is 1. The van der Waals surface area contributed by atoms with Gasteiger partial charge in [0, 0.05) is 5.56 Å². The summed E-state index contributed by atoms with van der Waals surface area (Å²) in [6.45, 7) is 6.13. The number of rotatable bonds is 4. The van der Waals surface area contributed by atoms with Crippen LogP contribution in [0.5, 0.6) is 0 Å². The lowest BCUT2D eigenvalue weighted by atomic mass is 10.1. The van der Waals surface area contributed by atoms with Gasteiger partial charge in [0.1, 0.15) is 5.76 Å². The van der Waals surface area contributed by atoms with Gasteiger partial charge in [0.25, 0.3) is 0 Å². The van der Waals surface area contributed by atoms with Crippen molar-refractivity contribution in [2.24, 2.45) is 0 Å². The van der Waals surface area contributed by atoms with Crippen molar-refractivity contribution < 1.29 is 4.42 Å². The Balaban J connectivity index is 2.17. The number of aryl methyl sites for hydroxylation is 3. The van der Waals surface area contributed by atoms with Gasteiger partial charge in [-0.2, -0.15) is 0 Å². The fourth-order valence-electron chi connectivity index (χ4n) is 1.79. The Bertz CT molecular complexity index is 463. The lowest BCUT2D eigenvalue weighted by Crippen LogP contribution is -1.85. The number of unbranched alkanes of at least 4 members (excludes halogenated alkanes) is 1. The van der Waals surface area contributed by atoms with Crippen LogP contribution in [0, 0.1) is 13.8 Å². The molecular formula is C15H19NO. The second-order valence-corrected chi connectivity index (χ2v) is 4.46. The smallest absolute Gasteiger partial charge is 0.226 e. The van der Waals surface area contributed by atoms with E-state index in [2.05, 4.69) is 36.2 Å². The molecule has 17 heavy (non-hydrogen) atoms. The molecule has 0 atom stereocenters. The molecule has 1 aromatic heterocycles. The molecule has 2 rings (SSSR count). The zero-order valence-electron chi connectivity index (χ0n) is 10.8. The Morgan fingerprint density at radius 2 is 1.82 bits per heavy atom. The summed E-state index contributed by atoms with van der Waals surface area (Å²) in [5.41, 5.74) is 3.41. The summed E-state index contributed by atoms with van der Waals surface area (Å²) >= 11 is 0. The molecule has 0 fully saturated rings. The van der Waals surface area contributed by atoms with Gasteiger partial charge in [0.2, 0.25) is 5.89 Å². The summed E-state index contributed by atoms with van der Waals surface area (Å²) in [4.78, 5) is 4.41. The quantitative estimate of drug-likeness (QED) is 0.781. The van der Waals surface area contributed by atoms with Gasteiger partial charge in [0.15, 0.2) is 0 Å².